The summed E-state index contributed by atoms with van der Waals surface area (Å²) in [6.07, 6.45) is 0.303. The molecule has 0 aliphatic rings. The van der Waals surface area contributed by atoms with Gasteiger partial charge >= 0.3 is 0 Å². The van der Waals surface area contributed by atoms with Gasteiger partial charge in [-0.3, -0.25) is 0 Å². The highest BCUT2D eigenvalue weighted by molar-refractivity contribution is 6.30. The van der Waals surface area contributed by atoms with Crippen LogP contribution in [0.25, 0.3) is 0 Å². The van der Waals surface area contributed by atoms with Crippen LogP contribution < -0.4 is 5.32 Å². The van der Waals surface area contributed by atoms with Crippen LogP contribution in [-0.4, -0.2) is 17.8 Å². The normalized spacial score (nSPS) is 12.8. The second-order valence-corrected chi connectivity index (χ2v) is 3.87. The van der Waals surface area contributed by atoms with Crippen molar-refractivity contribution in [1.29, 1.82) is 0 Å². The van der Waals surface area contributed by atoms with Crippen molar-refractivity contribution in [2.45, 2.75) is 26.0 Å². The van der Waals surface area contributed by atoms with E-state index in [-0.39, 0.29) is 11.9 Å². The van der Waals surface area contributed by atoms with Crippen LogP contribution in [0, 0.1) is 5.82 Å². The molecule has 4 heteroatoms. The number of aliphatic hydroxyl groups is 1. The summed E-state index contributed by atoms with van der Waals surface area (Å²) in [5, 5.41) is 12.8. The zero-order valence-electron chi connectivity index (χ0n) is 8.63. The first-order valence-corrected chi connectivity index (χ1v) is 5.34. The lowest BCUT2D eigenvalue weighted by molar-refractivity contribution is 0.167. The standard InChI is InChI=1S/C11H15ClFNO/c1-2-10(15)7-14-6-8-5-9(12)3-4-11(8)13/h3-5,10,14-15H,2,6-7H2,1H3. The minimum absolute atomic E-state index is 0.280. The van der Waals surface area contributed by atoms with Gasteiger partial charge in [0.2, 0.25) is 0 Å². The molecular formula is C11H15ClFNO. The third-order valence-electron chi connectivity index (χ3n) is 2.17. The van der Waals surface area contributed by atoms with Crippen molar-refractivity contribution >= 4 is 11.6 Å². The molecule has 15 heavy (non-hydrogen) atoms. The summed E-state index contributed by atoms with van der Waals surface area (Å²) < 4.78 is 13.2. The molecule has 0 heterocycles. The maximum Gasteiger partial charge on any atom is 0.127 e. The van der Waals surface area contributed by atoms with E-state index in [1.165, 1.54) is 12.1 Å². The molecule has 1 atom stereocenters. The monoisotopic (exact) mass is 231 g/mol. The molecule has 1 rings (SSSR count). The van der Waals surface area contributed by atoms with Gasteiger partial charge in [0.25, 0.3) is 0 Å². The number of hydrogen-bond acceptors (Lipinski definition) is 2. The molecule has 0 fully saturated rings. The van der Waals surface area contributed by atoms with Gasteiger partial charge in [0, 0.05) is 23.7 Å². The van der Waals surface area contributed by atoms with Crippen molar-refractivity contribution in [2.24, 2.45) is 0 Å². The molecule has 1 unspecified atom stereocenters. The fourth-order valence-electron chi connectivity index (χ4n) is 1.20. The summed E-state index contributed by atoms with van der Waals surface area (Å²) in [5.74, 6) is -0.280. The first-order chi connectivity index (χ1) is 7.13. The Balaban J connectivity index is 2.46. The maximum absolute atomic E-state index is 13.2. The summed E-state index contributed by atoms with van der Waals surface area (Å²) >= 11 is 5.74. The van der Waals surface area contributed by atoms with Gasteiger partial charge in [0.05, 0.1) is 6.10 Å². The lowest BCUT2D eigenvalue weighted by Crippen LogP contribution is -2.26. The second-order valence-electron chi connectivity index (χ2n) is 3.43. The molecule has 1 aromatic carbocycles. The Morgan fingerprint density at radius 3 is 2.93 bits per heavy atom. The van der Waals surface area contributed by atoms with E-state index >= 15 is 0 Å². The van der Waals surface area contributed by atoms with Gasteiger partial charge in [-0.05, 0) is 24.6 Å². The molecule has 2 nitrogen and oxygen atoms in total. The van der Waals surface area contributed by atoms with Crippen molar-refractivity contribution in [3.8, 4) is 0 Å². The Morgan fingerprint density at radius 2 is 2.27 bits per heavy atom. The number of aliphatic hydroxyl groups excluding tert-OH is 1. The van der Waals surface area contributed by atoms with Crippen molar-refractivity contribution in [3.05, 3.63) is 34.6 Å². The predicted molar refractivity (Wildman–Crippen MR) is 59.4 cm³/mol. The quantitative estimate of drug-likeness (QED) is 0.815. The smallest absolute Gasteiger partial charge is 0.127 e. The Bertz CT molecular complexity index is 319. The Hall–Kier alpha value is -0.640. The molecule has 0 aliphatic heterocycles. The van der Waals surface area contributed by atoms with Crippen LogP contribution in [0.3, 0.4) is 0 Å². The SMILES string of the molecule is CCC(O)CNCc1cc(Cl)ccc1F. The molecule has 0 radical (unpaired) electrons. The minimum Gasteiger partial charge on any atom is -0.392 e. The molecule has 0 aliphatic carbocycles. The molecule has 0 aromatic heterocycles. The third kappa shape index (κ3) is 4.16. The summed E-state index contributed by atoms with van der Waals surface area (Å²) in [4.78, 5) is 0. The van der Waals surface area contributed by atoms with Crippen molar-refractivity contribution in [2.75, 3.05) is 6.54 Å². The number of halogens is 2. The van der Waals surface area contributed by atoms with Gasteiger partial charge in [-0.15, -0.1) is 0 Å². The Morgan fingerprint density at radius 1 is 1.53 bits per heavy atom. The Kier molecular flexibility index (Phi) is 5.02. The van der Waals surface area contributed by atoms with E-state index < -0.39 is 0 Å². The van der Waals surface area contributed by atoms with Crippen LogP contribution >= 0.6 is 11.6 Å². The number of nitrogens with one attached hydrogen (secondary N) is 1. The number of hydrogen-bond donors (Lipinski definition) is 2. The zero-order chi connectivity index (χ0) is 11.3. The zero-order valence-corrected chi connectivity index (χ0v) is 9.39. The van der Waals surface area contributed by atoms with Crippen LogP contribution in [-0.2, 0) is 6.54 Å². The van der Waals surface area contributed by atoms with Crippen LogP contribution in [0.15, 0.2) is 18.2 Å². The summed E-state index contributed by atoms with van der Waals surface area (Å²) in [5.41, 5.74) is 0.519. The van der Waals surface area contributed by atoms with Crippen LogP contribution in [0.4, 0.5) is 4.39 Å². The highest BCUT2D eigenvalue weighted by atomic mass is 35.5. The average molecular weight is 232 g/mol. The highest BCUT2D eigenvalue weighted by Crippen LogP contribution is 2.14. The largest absolute Gasteiger partial charge is 0.392 e. The van der Waals surface area contributed by atoms with E-state index in [0.29, 0.717) is 30.1 Å². The molecule has 2 N–H and O–H groups in total. The molecule has 0 saturated heterocycles. The van der Waals surface area contributed by atoms with Gasteiger partial charge in [0.15, 0.2) is 0 Å². The number of benzene rings is 1. The lowest BCUT2D eigenvalue weighted by Gasteiger charge is -2.10. The fourth-order valence-corrected chi connectivity index (χ4v) is 1.39. The first-order valence-electron chi connectivity index (χ1n) is 4.96. The first kappa shape index (κ1) is 12.4. The lowest BCUT2D eigenvalue weighted by atomic mass is 10.2. The molecular weight excluding hydrogens is 217 g/mol. The van der Waals surface area contributed by atoms with E-state index in [2.05, 4.69) is 5.32 Å². The van der Waals surface area contributed by atoms with Crippen LogP contribution in [0.2, 0.25) is 5.02 Å². The van der Waals surface area contributed by atoms with Crippen molar-refractivity contribution in [3.63, 3.8) is 0 Å². The fraction of sp³-hybridized carbons (Fsp3) is 0.455. The van der Waals surface area contributed by atoms with Gasteiger partial charge in [-0.2, -0.15) is 0 Å². The number of rotatable bonds is 5. The van der Waals surface area contributed by atoms with Crippen LogP contribution in [0.1, 0.15) is 18.9 Å². The van der Waals surface area contributed by atoms with E-state index in [9.17, 15) is 9.50 Å². The van der Waals surface area contributed by atoms with Gasteiger partial charge in [-0.25, -0.2) is 4.39 Å². The third-order valence-corrected chi connectivity index (χ3v) is 2.41. The second kappa shape index (κ2) is 6.05. The van der Waals surface area contributed by atoms with E-state index in [4.69, 9.17) is 11.6 Å². The summed E-state index contributed by atoms with van der Waals surface area (Å²) in [7, 11) is 0. The van der Waals surface area contributed by atoms with Crippen molar-refractivity contribution in [1.82, 2.24) is 5.32 Å². The van der Waals surface area contributed by atoms with Gasteiger partial charge in [-0.1, -0.05) is 18.5 Å². The predicted octanol–water partition coefficient (Wildman–Crippen LogP) is 2.34. The molecule has 0 spiro atoms. The Labute approximate surface area is 94.1 Å². The van der Waals surface area contributed by atoms with Gasteiger partial charge in [0.1, 0.15) is 5.82 Å². The molecule has 0 bridgehead atoms. The molecule has 0 saturated carbocycles. The molecule has 84 valence electrons. The molecule has 1 aromatic rings. The average Bonchev–Trinajstić information content (AvgIpc) is 2.23. The highest BCUT2D eigenvalue weighted by Gasteiger charge is 2.04. The van der Waals surface area contributed by atoms with E-state index in [1.807, 2.05) is 6.92 Å². The van der Waals surface area contributed by atoms with Crippen LogP contribution in [0.5, 0.6) is 0 Å². The minimum atomic E-state index is -0.382. The topological polar surface area (TPSA) is 32.3 Å². The molecule has 0 amide bonds. The van der Waals surface area contributed by atoms with E-state index in [1.54, 1.807) is 6.07 Å². The summed E-state index contributed by atoms with van der Waals surface area (Å²) in [6, 6.07) is 4.44. The van der Waals surface area contributed by atoms with E-state index in [0.717, 1.165) is 0 Å². The van der Waals surface area contributed by atoms with Gasteiger partial charge < -0.3 is 10.4 Å². The summed E-state index contributed by atoms with van der Waals surface area (Å²) in [6.45, 7) is 2.73. The maximum atomic E-state index is 13.2. The van der Waals surface area contributed by atoms with Crippen molar-refractivity contribution < 1.29 is 9.50 Å².